The summed E-state index contributed by atoms with van der Waals surface area (Å²) >= 11 is 6.22. The van der Waals surface area contributed by atoms with Crippen LogP contribution in [-0.2, 0) is 4.79 Å². The number of nitrogens with one attached hydrogen (secondary N) is 1. The van der Waals surface area contributed by atoms with Crippen LogP contribution in [0.15, 0.2) is 121 Å². The molecule has 0 saturated heterocycles. The molecule has 1 heterocycles. The molecule has 1 N–H and O–H groups in total. The van der Waals surface area contributed by atoms with E-state index in [9.17, 15) is 10.1 Å². The number of benzene rings is 4. The third-order valence-corrected chi connectivity index (χ3v) is 6.46. The Morgan fingerprint density at radius 2 is 1.45 bits per heavy atom. The fourth-order valence-electron chi connectivity index (χ4n) is 4.35. The molecule has 38 heavy (non-hydrogen) atoms. The predicted molar refractivity (Wildman–Crippen MR) is 155 cm³/mol. The van der Waals surface area contributed by atoms with E-state index in [-0.39, 0.29) is 5.57 Å². The maximum absolute atomic E-state index is 13.1. The highest BCUT2D eigenvalue weighted by Gasteiger charge is 2.20. The Morgan fingerprint density at radius 1 is 0.842 bits per heavy atom. The average molecular weight is 514 g/mol. The van der Waals surface area contributed by atoms with Crippen LogP contribution in [0, 0.1) is 18.3 Å². The minimum Gasteiger partial charge on any atom is -0.321 e. The first-order chi connectivity index (χ1) is 18.5. The van der Waals surface area contributed by atoms with Gasteiger partial charge in [0.1, 0.15) is 11.6 Å². The normalized spacial score (nSPS) is 11.1. The molecule has 1 amide bonds. The number of aryl methyl sites for hydroxylation is 1. The third kappa shape index (κ3) is 5.29. The van der Waals surface area contributed by atoms with Crippen molar-refractivity contribution in [2.24, 2.45) is 0 Å². The Kier molecular flexibility index (Phi) is 7.21. The lowest BCUT2D eigenvalue weighted by Gasteiger charge is -2.15. The minimum absolute atomic E-state index is 0.00984. The number of rotatable bonds is 6. The number of anilines is 1. The van der Waals surface area contributed by atoms with Gasteiger partial charge in [-0.25, -0.2) is 0 Å². The highest BCUT2D eigenvalue weighted by Crippen LogP contribution is 2.37. The van der Waals surface area contributed by atoms with Crippen LogP contribution in [0.25, 0.3) is 34.3 Å². The minimum atomic E-state index is -0.462. The molecule has 0 bridgehead atoms. The van der Waals surface area contributed by atoms with Crippen molar-refractivity contribution in [1.29, 1.82) is 5.26 Å². The first-order valence-corrected chi connectivity index (χ1v) is 12.5. The van der Waals surface area contributed by atoms with Crippen molar-refractivity contribution < 1.29 is 4.79 Å². The van der Waals surface area contributed by atoms with Gasteiger partial charge in [-0.2, -0.15) is 5.26 Å². The Hall–Kier alpha value is -4.85. The van der Waals surface area contributed by atoms with Crippen LogP contribution >= 0.6 is 11.6 Å². The molecule has 184 valence electrons. The highest BCUT2D eigenvalue weighted by atomic mass is 35.5. The first kappa shape index (κ1) is 24.8. The lowest BCUT2D eigenvalue weighted by molar-refractivity contribution is -0.112. The summed E-state index contributed by atoms with van der Waals surface area (Å²) in [4.78, 5) is 13.1. The van der Waals surface area contributed by atoms with Crippen LogP contribution < -0.4 is 5.32 Å². The van der Waals surface area contributed by atoms with Crippen molar-refractivity contribution in [3.63, 3.8) is 0 Å². The summed E-state index contributed by atoms with van der Waals surface area (Å²) in [6.07, 6.45) is 1.66. The van der Waals surface area contributed by atoms with Gasteiger partial charge in [-0.15, -0.1) is 0 Å². The molecule has 0 unspecified atom stereocenters. The molecule has 4 nitrogen and oxygen atoms in total. The van der Waals surface area contributed by atoms with Gasteiger partial charge in [-0.3, -0.25) is 4.79 Å². The van der Waals surface area contributed by atoms with E-state index < -0.39 is 5.91 Å². The SMILES string of the molecule is Cc1ccc(NC(=O)/C(C#N)=C/c2cc(-c3ccccc3)n(-c3ccc(Cl)cc3)c2-c2ccccc2)cc1. The van der Waals surface area contributed by atoms with Gasteiger partial charge < -0.3 is 9.88 Å². The van der Waals surface area contributed by atoms with Gasteiger partial charge in [0.15, 0.2) is 0 Å². The summed E-state index contributed by atoms with van der Waals surface area (Å²) in [6, 6.07) is 39.2. The van der Waals surface area contributed by atoms with E-state index in [4.69, 9.17) is 11.6 Å². The Morgan fingerprint density at radius 3 is 2.05 bits per heavy atom. The molecular weight excluding hydrogens is 490 g/mol. The number of hydrogen-bond acceptors (Lipinski definition) is 2. The van der Waals surface area contributed by atoms with Crippen molar-refractivity contribution in [2.45, 2.75) is 6.92 Å². The summed E-state index contributed by atoms with van der Waals surface area (Å²) in [5.41, 5.74) is 7.13. The van der Waals surface area contributed by atoms with Gasteiger partial charge in [-0.1, -0.05) is 90.0 Å². The average Bonchev–Trinajstić information content (AvgIpc) is 3.33. The number of hydrogen-bond donors (Lipinski definition) is 1. The molecule has 5 heteroatoms. The summed E-state index contributed by atoms with van der Waals surface area (Å²) < 4.78 is 2.14. The number of aromatic nitrogens is 1. The monoisotopic (exact) mass is 513 g/mol. The van der Waals surface area contributed by atoms with Crippen LogP contribution in [0.3, 0.4) is 0 Å². The molecule has 0 atom stereocenters. The fraction of sp³-hybridized carbons (Fsp3) is 0.0303. The van der Waals surface area contributed by atoms with E-state index in [2.05, 4.69) is 16.0 Å². The second-order valence-electron chi connectivity index (χ2n) is 8.87. The first-order valence-electron chi connectivity index (χ1n) is 12.2. The van der Waals surface area contributed by atoms with Crippen LogP contribution in [-0.4, -0.2) is 10.5 Å². The molecule has 1 aromatic heterocycles. The molecule has 5 aromatic rings. The van der Waals surface area contributed by atoms with E-state index in [0.717, 1.165) is 39.3 Å². The number of nitrogens with zero attached hydrogens (tertiary/aromatic N) is 2. The van der Waals surface area contributed by atoms with E-state index in [1.54, 1.807) is 6.08 Å². The molecule has 0 aliphatic heterocycles. The van der Waals surface area contributed by atoms with Crippen molar-refractivity contribution in [1.82, 2.24) is 4.57 Å². The quantitative estimate of drug-likeness (QED) is 0.183. The standard InChI is InChI=1S/C33H24ClN3O/c1-23-12-16-29(17-13-23)36-33(38)27(22-35)20-26-21-31(24-8-4-2-5-9-24)37(30-18-14-28(34)15-19-30)32(26)25-10-6-3-7-11-25/h2-21H,1H3,(H,36,38)/b27-20+. The van der Waals surface area contributed by atoms with Crippen LogP contribution in [0.4, 0.5) is 5.69 Å². The number of amides is 1. The van der Waals surface area contributed by atoms with E-state index in [0.29, 0.717) is 10.7 Å². The molecular formula is C33H24ClN3O. The van der Waals surface area contributed by atoms with Gasteiger partial charge in [0.2, 0.25) is 0 Å². The van der Waals surface area contributed by atoms with Crippen molar-refractivity contribution in [3.8, 4) is 34.3 Å². The second-order valence-corrected chi connectivity index (χ2v) is 9.30. The van der Waals surface area contributed by atoms with Crippen LogP contribution in [0.1, 0.15) is 11.1 Å². The predicted octanol–water partition coefficient (Wildman–Crippen LogP) is 8.32. The number of carbonyl (C=O) groups excluding carboxylic acids is 1. The smallest absolute Gasteiger partial charge is 0.266 e. The van der Waals surface area contributed by atoms with E-state index in [1.165, 1.54) is 0 Å². The van der Waals surface area contributed by atoms with Crippen LogP contribution in [0.2, 0.25) is 5.02 Å². The van der Waals surface area contributed by atoms with E-state index in [1.807, 2.05) is 122 Å². The molecule has 5 rings (SSSR count). The highest BCUT2D eigenvalue weighted by molar-refractivity contribution is 6.30. The molecule has 0 radical (unpaired) electrons. The maximum Gasteiger partial charge on any atom is 0.266 e. The Labute approximate surface area is 227 Å². The Balaban J connectivity index is 1.71. The molecule has 0 spiro atoms. The lowest BCUT2D eigenvalue weighted by Crippen LogP contribution is -2.13. The summed E-state index contributed by atoms with van der Waals surface area (Å²) in [6.45, 7) is 1.98. The van der Waals surface area contributed by atoms with Crippen molar-refractivity contribution >= 4 is 29.3 Å². The van der Waals surface area contributed by atoms with Gasteiger partial charge in [0.05, 0.1) is 11.4 Å². The summed E-state index contributed by atoms with van der Waals surface area (Å²) in [5.74, 6) is -0.462. The molecule has 0 fully saturated rings. The maximum atomic E-state index is 13.1. The molecule has 0 aliphatic rings. The number of carbonyl (C=O) groups is 1. The summed E-state index contributed by atoms with van der Waals surface area (Å²) in [5, 5.41) is 13.5. The molecule has 0 saturated carbocycles. The second kappa shape index (κ2) is 11.0. The molecule has 0 aliphatic carbocycles. The Bertz CT molecular complexity index is 1640. The lowest BCUT2D eigenvalue weighted by atomic mass is 10.0. The van der Waals surface area contributed by atoms with Gasteiger partial charge in [-0.05, 0) is 66.6 Å². The topological polar surface area (TPSA) is 57.8 Å². The molecule has 4 aromatic carbocycles. The van der Waals surface area contributed by atoms with E-state index >= 15 is 0 Å². The third-order valence-electron chi connectivity index (χ3n) is 6.21. The largest absolute Gasteiger partial charge is 0.321 e. The fourth-order valence-corrected chi connectivity index (χ4v) is 4.48. The van der Waals surface area contributed by atoms with Crippen molar-refractivity contribution in [3.05, 3.63) is 137 Å². The number of nitriles is 1. The zero-order valence-corrected chi connectivity index (χ0v) is 21.5. The summed E-state index contributed by atoms with van der Waals surface area (Å²) in [7, 11) is 0. The van der Waals surface area contributed by atoms with Crippen LogP contribution in [0.5, 0.6) is 0 Å². The van der Waals surface area contributed by atoms with Gasteiger partial charge >= 0.3 is 0 Å². The zero-order chi connectivity index (χ0) is 26.5. The number of halogens is 1. The van der Waals surface area contributed by atoms with Gasteiger partial charge in [0, 0.05) is 22.0 Å². The zero-order valence-electron chi connectivity index (χ0n) is 20.7. The van der Waals surface area contributed by atoms with Crippen molar-refractivity contribution in [2.75, 3.05) is 5.32 Å². The van der Waals surface area contributed by atoms with Gasteiger partial charge in [0.25, 0.3) is 5.91 Å².